The Kier molecular flexibility index (Phi) is 6.84. The summed E-state index contributed by atoms with van der Waals surface area (Å²) < 4.78 is 0. The third kappa shape index (κ3) is 5.04. The molecular formula is C23H26N2O5. The van der Waals surface area contributed by atoms with Gasteiger partial charge in [0, 0.05) is 13.0 Å². The molecule has 1 aliphatic rings. The average molecular weight is 410 g/mol. The van der Waals surface area contributed by atoms with Gasteiger partial charge in [-0.15, -0.1) is 0 Å². The number of carbonyl (C=O) groups is 3. The Morgan fingerprint density at radius 1 is 1.03 bits per heavy atom. The average Bonchev–Trinajstić information content (AvgIpc) is 2.75. The van der Waals surface area contributed by atoms with Gasteiger partial charge in [0.25, 0.3) is 0 Å². The Morgan fingerprint density at radius 3 is 2.30 bits per heavy atom. The normalized spacial score (nSPS) is 17.6. The molecule has 0 fully saturated rings. The number of carbonyl (C=O) groups excluding carboxylic acids is 1. The van der Waals surface area contributed by atoms with Crippen molar-refractivity contribution >= 4 is 17.8 Å². The number of hydrogen-bond acceptors (Lipinski definition) is 4. The van der Waals surface area contributed by atoms with Crippen LogP contribution in [0.25, 0.3) is 0 Å². The lowest BCUT2D eigenvalue weighted by molar-refractivity contribution is -0.152. The monoisotopic (exact) mass is 410 g/mol. The highest BCUT2D eigenvalue weighted by Gasteiger charge is 2.37. The molecule has 0 saturated heterocycles. The smallest absolute Gasteiger partial charge is 0.326 e. The van der Waals surface area contributed by atoms with Gasteiger partial charge in [0.05, 0.1) is 6.04 Å². The predicted octanol–water partition coefficient (Wildman–Crippen LogP) is 2.09. The van der Waals surface area contributed by atoms with Crippen LogP contribution in [0.15, 0.2) is 54.6 Å². The largest absolute Gasteiger partial charge is 0.480 e. The number of carboxylic acids is 2. The molecule has 30 heavy (non-hydrogen) atoms. The minimum absolute atomic E-state index is 0.194. The molecule has 0 bridgehead atoms. The highest BCUT2D eigenvalue weighted by atomic mass is 16.4. The van der Waals surface area contributed by atoms with E-state index in [9.17, 15) is 24.6 Å². The molecule has 2 aromatic carbocycles. The van der Waals surface area contributed by atoms with E-state index in [1.807, 2.05) is 54.6 Å². The minimum atomic E-state index is -1.07. The Morgan fingerprint density at radius 2 is 1.67 bits per heavy atom. The topological polar surface area (TPSA) is 107 Å². The Hall–Kier alpha value is -3.19. The molecule has 2 aromatic rings. The number of carboxylic acid groups (broad SMARTS) is 2. The second-order valence-corrected chi connectivity index (χ2v) is 7.60. The van der Waals surface area contributed by atoms with Gasteiger partial charge in [-0.3, -0.25) is 14.9 Å². The van der Waals surface area contributed by atoms with Gasteiger partial charge in [-0.25, -0.2) is 4.79 Å². The van der Waals surface area contributed by atoms with Crippen molar-refractivity contribution < 1.29 is 24.6 Å². The van der Waals surface area contributed by atoms with Crippen LogP contribution in [0.2, 0.25) is 0 Å². The Balaban J connectivity index is 1.69. The lowest BCUT2D eigenvalue weighted by atomic mass is 9.93. The molecule has 1 amide bonds. The van der Waals surface area contributed by atoms with Crippen molar-refractivity contribution in [1.82, 2.24) is 10.2 Å². The maximum atomic E-state index is 13.1. The molecule has 158 valence electrons. The zero-order chi connectivity index (χ0) is 21.7. The summed E-state index contributed by atoms with van der Waals surface area (Å²) in [5, 5.41) is 22.1. The number of nitrogens with one attached hydrogen (secondary N) is 1. The van der Waals surface area contributed by atoms with Gasteiger partial charge >= 0.3 is 11.9 Å². The van der Waals surface area contributed by atoms with E-state index in [1.54, 1.807) is 6.92 Å². The molecule has 7 nitrogen and oxygen atoms in total. The molecule has 0 aromatic heterocycles. The van der Waals surface area contributed by atoms with Crippen molar-refractivity contribution in [3.63, 3.8) is 0 Å². The van der Waals surface area contributed by atoms with E-state index in [2.05, 4.69) is 5.32 Å². The van der Waals surface area contributed by atoms with E-state index in [0.717, 1.165) is 16.7 Å². The number of fused-ring (bicyclic) bond motifs is 1. The van der Waals surface area contributed by atoms with Crippen LogP contribution < -0.4 is 5.32 Å². The van der Waals surface area contributed by atoms with Crippen molar-refractivity contribution in [2.45, 2.75) is 50.9 Å². The fourth-order valence-electron chi connectivity index (χ4n) is 3.83. The summed E-state index contributed by atoms with van der Waals surface area (Å²) in [7, 11) is 0. The highest BCUT2D eigenvalue weighted by Crippen LogP contribution is 2.24. The second-order valence-electron chi connectivity index (χ2n) is 7.60. The van der Waals surface area contributed by atoms with Crippen LogP contribution in [0.3, 0.4) is 0 Å². The first-order valence-corrected chi connectivity index (χ1v) is 9.99. The van der Waals surface area contributed by atoms with Gasteiger partial charge in [-0.1, -0.05) is 54.6 Å². The van der Waals surface area contributed by atoms with Gasteiger partial charge in [0.2, 0.25) is 5.91 Å². The zero-order valence-corrected chi connectivity index (χ0v) is 16.8. The molecule has 0 aliphatic carbocycles. The SMILES string of the molecule is CC(NC(CCc1ccccc1)C(=O)O)C(=O)N1Cc2ccccc2C[C@H]1C(=O)O. The number of nitrogens with zero attached hydrogens (tertiary/aromatic N) is 1. The van der Waals surface area contributed by atoms with E-state index >= 15 is 0 Å². The molecule has 3 N–H and O–H groups in total. The van der Waals surface area contributed by atoms with Gasteiger partial charge in [0.15, 0.2) is 0 Å². The van der Waals surface area contributed by atoms with Gasteiger partial charge < -0.3 is 15.1 Å². The zero-order valence-electron chi connectivity index (χ0n) is 16.8. The van der Waals surface area contributed by atoms with Gasteiger partial charge in [-0.2, -0.15) is 0 Å². The van der Waals surface area contributed by atoms with Crippen LogP contribution >= 0.6 is 0 Å². The molecule has 2 unspecified atom stereocenters. The molecule has 0 saturated carbocycles. The molecule has 0 radical (unpaired) electrons. The number of aryl methyl sites for hydroxylation is 1. The summed E-state index contributed by atoms with van der Waals surface area (Å²) in [5.74, 6) is -2.52. The quantitative estimate of drug-likeness (QED) is 0.615. The van der Waals surface area contributed by atoms with E-state index in [0.29, 0.717) is 12.8 Å². The molecular weight excluding hydrogens is 384 g/mol. The maximum Gasteiger partial charge on any atom is 0.326 e. The van der Waals surface area contributed by atoms with Crippen LogP contribution in [-0.2, 0) is 33.8 Å². The van der Waals surface area contributed by atoms with Crippen molar-refractivity contribution in [2.24, 2.45) is 0 Å². The fourth-order valence-corrected chi connectivity index (χ4v) is 3.83. The number of hydrogen-bond donors (Lipinski definition) is 3. The van der Waals surface area contributed by atoms with Crippen LogP contribution in [-0.4, -0.2) is 51.1 Å². The minimum Gasteiger partial charge on any atom is -0.480 e. The predicted molar refractivity (Wildman–Crippen MR) is 111 cm³/mol. The lowest BCUT2D eigenvalue weighted by Crippen LogP contribution is -2.56. The third-order valence-electron chi connectivity index (χ3n) is 5.50. The van der Waals surface area contributed by atoms with Gasteiger partial charge in [-0.05, 0) is 36.5 Å². The standard InChI is InChI=1S/C23H26N2O5/c1-15(24-19(22(27)28)12-11-16-7-3-2-4-8-16)21(26)25-14-18-10-6-5-9-17(18)13-20(25)23(29)30/h2-10,15,19-20,24H,11-14H2,1H3,(H,27,28)(H,29,30)/t15?,19?,20-/m0/s1. The summed E-state index contributed by atoms with van der Waals surface area (Å²) in [4.78, 5) is 37.9. The van der Waals surface area contributed by atoms with E-state index in [1.165, 1.54) is 4.90 Å². The first-order chi connectivity index (χ1) is 14.4. The summed E-state index contributed by atoms with van der Waals surface area (Å²) in [6, 6.07) is 14.3. The molecule has 0 spiro atoms. The lowest BCUT2D eigenvalue weighted by Gasteiger charge is -2.36. The highest BCUT2D eigenvalue weighted by molar-refractivity contribution is 5.88. The summed E-state index contributed by atoms with van der Waals surface area (Å²) in [6.45, 7) is 1.78. The van der Waals surface area contributed by atoms with Crippen molar-refractivity contribution in [3.8, 4) is 0 Å². The Bertz CT molecular complexity index is 915. The van der Waals surface area contributed by atoms with Gasteiger partial charge in [0.1, 0.15) is 12.1 Å². The summed E-state index contributed by atoms with van der Waals surface area (Å²) in [6.07, 6.45) is 1.11. The van der Waals surface area contributed by atoms with Crippen LogP contribution in [0.4, 0.5) is 0 Å². The summed E-state index contributed by atoms with van der Waals surface area (Å²) >= 11 is 0. The van der Waals surface area contributed by atoms with Crippen molar-refractivity contribution in [3.05, 3.63) is 71.3 Å². The maximum absolute atomic E-state index is 13.1. The molecule has 7 heteroatoms. The number of aliphatic carboxylic acids is 2. The van der Waals surface area contributed by atoms with E-state index < -0.39 is 36.0 Å². The fraction of sp³-hybridized carbons (Fsp3) is 0.348. The van der Waals surface area contributed by atoms with Crippen molar-refractivity contribution in [1.29, 1.82) is 0 Å². The van der Waals surface area contributed by atoms with E-state index in [4.69, 9.17) is 0 Å². The number of rotatable bonds is 8. The third-order valence-corrected chi connectivity index (χ3v) is 5.50. The number of benzene rings is 2. The van der Waals surface area contributed by atoms with E-state index in [-0.39, 0.29) is 13.0 Å². The second kappa shape index (κ2) is 9.54. The number of amides is 1. The summed E-state index contributed by atoms with van der Waals surface area (Å²) in [5.41, 5.74) is 2.85. The van der Waals surface area contributed by atoms with Crippen LogP contribution in [0.1, 0.15) is 30.0 Å². The first kappa shape index (κ1) is 21.5. The van der Waals surface area contributed by atoms with Crippen molar-refractivity contribution in [2.75, 3.05) is 0 Å². The molecule has 3 atom stereocenters. The van der Waals surface area contributed by atoms with Crippen LogP contribution in [0.5, 0.6) is 0 Å². The Labute approximate surface area is 175 Å². The molecule has 1 heterocycles. The first-order valence-electron chi connectivity index (χ1n) is 9.99. The molecule has 1 aliphatic heterocycles. The molecule has 3 rings (SSSR count). The van der Waals surface area contributed by atoms with Crippen LogP contribution in [0, 0.1) is 0 Å².